The van der Waals surface area contributed by atoms with Crippen LogP contribution in [0.15, 0.2) is 59.5 Å². The van der Waals surface area contributed by atoms with E-state index in [2.05, 4.69) is 5.32 Å². The van der Waals surface area contributed by atoms with Crippen molar-refractivity contribution in [2.45, 2.75) is 43.3 Å². The first-order valence-corrected chi connectivity index (χ1v) is 13.3. The second-order valence-corrected chi connectivity index (χ2v) is 12.5. The van der Waals surface area contributed by atoms with Gasteiger partial charge in [0.05, 0.1) is 10.9 Å². The summed E-state index contributed by atoms with van der Waals surface area (Å²) in [5.74, 6) is 0.128. The number of nitrogens with one attached hydrogen (secondary N) is 1. The molecule has 0 radical (unpaired) electrons. The molecule has 2 amide bonds. The molecule has 1 heterocycles. The Morgan fingerprint density at radius 1 is 1.11 bits per heavy atom. The molecule has 5 nitrogen and oxygen atoms in total. The Labute approximate surface area is 230 Å². The Balaban J connectivity index is 1.71. The van der Waals surface area contributed by atoms with Gasteiger partial charge in [-0.05, 0) is 42.2 Å². The van der Waals surface area contributed by atoms with Gasteiger partial charge in [0.1, 0.15) is 10.1 Å². The number of rotatable bonds is 8. The van der Waals surface area contributed by atoms with E-state index in [4.69, 9.17) is 51.8 Å². The van der Waals surface area contributed by atoms with Crippen molar-refractivity contribution in [1.82, 2.24) is 10.2 Å². The van der Waals surface area contributed by atoms with Crippen LogP contribution >= 0.6 is 58.8 Å². The number of thioether (sulfide) groups is 1. The van der Waals surface area contributed by atoms with Crippen LogP contribution in [-0.2, 0) is 9.59 Å². The van der Waals surface area contributed by atoms with Crippen LogP contribution in [0.3, 0.4) is 0 Å². The van der Waals surface area contributed by atoms with Gasteiger partial charge in [0.25, 0.3) is 5.91 Å². The van der Waals surface area contributed by atoms with Crippen molar-refractivity contribution in [2.24, 2.45) is 5.92 Å². The van der Waals surface area contributed by atoms with E-state index in [-0.39, 0.29) is 30.2 Å². The van der Waals surface area contributed by atoms with Crippen molar-refractivity contribution in [3.05, 3.63) is 70.6 Å². The first-order chi connectivity index (χ1) is 16.5. The second kappa shape index (κ2) is 12.0. The van der Waals surface area contributed by atoms with E-state index in [1.165, 1.54) is 11.8 Å². The van der Waals surface area contributed by atoms with Crippen molar-refractivity contribution in [1.29, 1.82) is 0 Å². The fourth-order valence-electron chi connectivity index (χ4n) is 3.38. The Kier molecular flexibility index (Phi) is 9.52. The van der Waals surface area contributed by atoms with Crippen molar-refractivity contribution in [3.8, 4) is 5.75 Å². The van der Waals surface area contributed by atoms with Crippen molar-refractivity contribution < 1.29 is 14.3 Å². The number of carbonyl (C=O) groups excluding carboxylic acids is 2. The molecule has 2 unspecified atom stereocenters. The van der Waals surface area contributed by atoms with E-state index in [1.807, 2.05) is 51.1 Å². The number of thiocarbonyl (C=S) groups is 1. The van der Waals surface area contributed by atoms with E-state index < -0.39 is 10.0 Å². The molecule has 0 bridgehead atoms. The molecule has 1 fully saturated rings. The van der Waals surface area contributed by atoms with Crippen LogP contribution in [0.4, 0.5) is 0 Å². The van der Waals surface area contributed by atoms with Gasteiger partial charge in [-0.3, -0.25) is 14.5 Å². The summed E-state index contributed by atoms with van der Waals surface area (Å²) in [6, 6.07) is 16.5. The van der Waals surface area contributed by atoms with Gasteiger partial charge < -0.3 is 10.1 Å². The molecule has 1 saturated heterocycles. The van der Waals surface area contributed by atoms with E-state index in [0.717, 1.165) is 11.1 Å². The van der Waals surface area contributed by atoms with Gasteiger partial charge in [-0.1, -0.05) is 115 Å². The minimum absolute atomic E-state index is 0.138. The minimum atomic E-state index is -1.87. The third-order valence-corrected chi connectivity index (χ3v) is 7.03. The maximum atomic E-state index is 13.1. The monoisotopic (exact) mass is 570 g/mol. The molecule has 10 heteroatoms. The highest BCUT2D eigenvalue weighted by Gasteiger charge is 2.37. The number of carbonyl (C=O) groups is 2. The Morgan fingerprint density at radius 3 is 2.31 bits per heavy atom. The molecule has 2 atom stereocenters. The molecular weight excluding hydrogens is 547 g/mol. The molecule has 1 aliphatic heterocycles. The molecule has 1 aliphatic rings. The number of ether oxygens (including phenoxy) is 1. The number of halogens is 3. The SMILES string of the molecule is CC(C)CC(=O)NC(Oc1ccc(/C=C2\SC(=S)N(C(C)c3ccccc3)C2=O)cc1)C(Cl)(Cl)Cl. The second-order valence-electron chi connectivity index (χ2n) is 8.41. The molecule has 0 saturated carbocycles. The first kappa shape index (κ1) is 27.8. The number of amides is 2. The normalized spacial score (nSPS) is 17.1. The molecule has 3 rings (SSSR count). The van der Waals surface area contributed by atoms with Crippen LogP contribution < -0.4 is 10.1 Å². The number of hydrogen-bond donors (Lipinski definition) is 1. The summed E-state index contributed by atoms with van der Waals surface area (Å²) in [6.07, 6.45) is 0.887. The molecular formula is C25H25Cl3N2O3S2. The predicted octanol–water partition coefficient (Wildman–Crippen LogP) is 6.89. The Hall–Kier alpha value is -1.77. The summed E-state index contributed by atoms with van der Waals surface area (Å²) in [6.45, 7) is 5.79. The standard InChI is InChI=1S/C25H25Cl3N2O3S2/c1-15(2)13-21(31)29-23(25(26,27)28)33-19-11-9-17(10-12-19)14-20-22(32)30(24(34)35-20)16(3)18-7-5-4-6-8-18/h4-12,14-16,23H,13H2,1-3H3,(H,29,31)/b20-14-. The number of alkyl halides is 3. The average Bonchev–Trinajstić information content (AvgIpc) is 3.06. The Bertz CT molecular complexity index is 1100. The summed E-state index contributed by atoms with van der Waals surface area (Å²) >= 11 is 24.8. The largest absolute Gasteiger partial charge is 0.466 e. The maximum absolute atomic E-state index is 13.1. The third kappa shape index (κ3) is 7.61. The lowest BCUT2D eigenvalue weighted by molar-refractivity contribution is -0.124. The fraction of sp³-hybridized carbons (Fsp3) is 0.320. The average molecular weight is 572 g/mol. The highest BCUT2D eigenvalue weighted by molar-refractivity contribution is 8.26. The van der Waals surface area contributed by atoms with Crippen molar-refractivity contribution in [3.63, 3.8) is 0 Å². The van der Waals surface area contributed by atoms with Crippen molar-refractivity contribution >= 4 is 81.0 Å². The van der Waals surface area contributed by atoms with Gasteiger partial charge in [-0.2, -0.15) is 0 Å². The van der Waals surface area contributed by atoms with Gasteiger partial charge in [-0.15, -0.1) is 0 Å². The molecule has 2 aromatic carbocycles. The number of hydrogen-bond acceptors (Lipinski definition) is 5. The molecule has 0 aliphatic carbocycles. The van der Waals surface area contributed by atoms with Crippen LogP contribution in [-0.4, -0.2) is 31.1 Å². The zero-order valence-electron chi connectivity index (χ0n) is 19.3. The highest BCUT2D eigenvalue weighted by atomic mass is 35.6. The van der Waals surface area contributed by atoms with Gasteiger partial charge in [0.2, 0.25) is 15.9 Å². The number of benzene rings is 2. The van der Waals surface area contributed by atoms with Crippen LogP contribution in [0.1, 0.15) is 44.4 Å². The van der Waals surface area contributed by atoms with Crippen LogP contribution in [0, 0.1) is 5.92 Å². The van der Waals surface area contributed by atoms with Gasteiger partial charge in [0, 0.05) is 6.42 Å². The smallest absolute Gasteiger partial charge is 0.266 e. The lowest BCUT2D eigenvalue weighted by Gasteiger charge is -2.26. The Morgan fingerprint density at radius 2 is 1.74 bits per heavy atom. The summed E-state index contributed by atoms with van der Waals surface area (Å²) < 4.78 is 4.39. The lowest BCUT2D eigenvalue weighted by Crippen LogP contribution is -2.48. The molecule has 1 N–H and O–H groups in total. The number of nitrogens with zero attached hydrogens (tertiary/aromatic N) is 1. The minimum Gasteiger partial charge on any atom is -0.466 e. The molecule has 0 aromatic heterocycles. The van der Waals surface area contributed by atoms with Crippen molar-refractivity contribution in [2.75, 3.05) is 0 Å². The lowest BCUT2D eigenvalue weighted by atomic mass is 10.1. The fourth-order valence-corrected chi connectivity index (χ4v) is 5.09. The van der Waals surface area contributed by atoms with Crippen LogP contribution in [0.25, 0.3) is 6.08 Å². The zero-order valence-corrected chi connectivity index (χ0v) is 23.2. The summed E-state index contributed by atoms with van der Waals surface area (Å²) in [7, 11) is 0. The van der Waals surface area contributed by atoms with Crippen LogP contribution in [0.2, 0.25) is 0 Å². The molecule has 186 valence electrons. The molecule has 2 aromatic rings. The predicted molar refractivity (Wildman–Crippen MR) is 149 cm³/mol. The third-order valence-electron chi connectivity index (χ3n) is 5.11. The van der Waals surface area contributed by atoms with E-state index in [9.17, 15) is 9.59 Å². The molecule has 35 heavy (non-hydrogen) atoms. The van der Waals surface area contributed by atoms with Gasteiger partial charge in [0.15, 0.2) is 0 Å². The quantitative estimate of drug-likeness (QED) is 0.162. The van der Waals surface area contributed by atoms with E-state index >= 15 is 0 Å². The van der Waals surface area contributed by atoms with E-state index in [0.29, 0.717) is 15.0 Å². The topological polar surface area (TPSA) is 58.6 Å². The van der Waals surface area contributed by atoms with Crippen LogP contribution in [0.5, 0.6) is 5.75 Å². The summed E-state index contributed by atoms with van der Waals surface area (Å²) in [5.41, 5.74) is 1.79. The highest BCUT2D eigenvalue weighted by Crippen LogP contribution is 2.38. The molecule has 0 spiro atoms. The zero-order chi connectivity index (χ0) is 25.8. The summed E-state index contributed by atoms with van der Waals surface area (Å²) in [5, 5.41) is 2.61. The van der Waals surface area contributed by atoms with Gasteiger partial charge >= 0.3 is 0 Å². The first-order valence-electron chi connectivity index (χ1n) is 10.9. The maximum Gasteiger partial charge on any atom is 0.266 e. The van der Waals surface area contributed by atoms with Gasteiger partial charge in [-0.25, -0.2) is 0 Å². The van der Waals surface area contributed by atoms with E-state index in [1.54, 1.807) is 35.2 Å². The summed E-state index contributed by atoms with van der Waals surface area (Å²) in [4.78, 5) is 27.4.